The number of nitrogens with zero attached hydrogens (tertiary/aromatic N) is 1. The minimum absolute atomic E-state index is 0.0302. The van der Waals surface area contributed by atoms with Gasteiger partial charge in [0.05, 0.1) is 5.54 Å². The first-order valence-corrected chi connectivity index (χ1v) is 13.0. The predicted molar refractivity (Wildman–Crippen MR) is 128 cm³/mol. The third-order valence-electron chi connectivity index (χ3n) is 6.92. The van der Waals surface area contributed by atoms with Crippen LogP contribution in [0.5, 0.6) is 0 Å². The second-order valence-corrected chi connectivity index (χ2v) is 12.4. The second kappa shape index (κ2) is 8.45. The third-order valence-corrected chi connectivity index (χ3v) is 10.4. The zero-order valence-electron chi connectivity index (χ0n) is 18.2. The Morgan fingerprint density at radius 3 is 1.69 bits per heavy atom. The first-order valence-electron chi connectivity index (χ1n) is 11.3. The summed E-state index contributed by atoms with van der Waals surface area (Å²) in [5.74, 6) is 0. The highest BCUT2D eigenvalue weighted by molar-refractivity contribution is 6.83. The third kappa shape index (κ3) is 3.93. The fourth-order valence-corrected chi connectivity index (χ4v) is 9.30. The van der Waals surface area contributed by atoms with E-state index in [1.165, 1.54) is 42.5 Å². The molecule has 0 heterocycles. The molecule has 2 aromatic rings. The number of hydrogen-bond donors (Lipinski definition) is 0. The van der Waals surface area contributed by atoms with E-state index in [1.807, 2.05) is 0 Å². The van der Waals surface area contributed by atoms with Crippen molar-refractivity contribution in [2.45, 2.75) is 64.5 Å². The normalized spacial score (nSPS) is 19.3. The van der Waals surface area contributed by atoms with E-state index in [-0.39, 0.29) is 11.0 Å². The lowest BCUT2D eigenvalue weighted by Gasteiger charge is -2.55. The average Bonchev–Trinajstić information content (AvgIpc) is 3.25. The summed E-state index contributed by atoms with van der Waals surface area (Å²) in [6.45, 7) is 7.26. The van der Waals surface area contributed by atoms with Crippen LogP contribution in [0, 0.1) is 5.41 Å². The summed E-state index contributed by atoms with van der Waals surface area (Å²) in [5, 5.41) is 3.06. The van der Waals surface area contributed by atoms with Gasteiger partial charge in [-0.2, -0.15) is 0 Å². The SMILES string of the molecule is CC(C)(C)C1(N(C2CCCCC2)[SiH](c2ccccc2)c2ccccc2)C=CC=C1. The van der Waals surface area contributed by atoms with Crippen LogP contribution in [0.15, 0.2) is 85.0 Å². The lowest BCUT2D eigenvalue weighted by Crippen LogP contribution is -2.70. The van der Waals surface area contributed by atoms with E-state index in [0.29, 0.717) is 6.04 Å². The van der Waals surface area contributed by atoms with Crippen molar-refractivity contribution in [1.29, 1.82) is 0 Å². The van der Waals surface area contributed by atoms with Gasteiger partial charge in [0.2, 0.25) is 0 Å². The van der Waals surface area contributed by atoms with Gasteiger partial charge in [-0.15, -0.1) is 0 Å². The van der Waals surface area contributed by atoms with E-state index < -0.39 is 8.96 Å². The van der Waals surface area contributed by atoms with Gasteiger partial charge in [-0.1, -0.05) is 125 Å². The molecule has 1 fully saturated rings. The number of rotatable bonds is 5. The maximum absolute atomic E-state index is 3.01. The molecule has 2 heteroatoms. The summed E-state index contributed by atoms with van der Waals surface area (Å²) in [5.41, 5.74) is 0.0976. The quantitative estimate of drug-likeness (QED) is 0.632. The van der Waals surface area contributed by atoms with E-state index >= 15 is 0 Å². The largest absolute Gasteiger partial charge is 0.304 e. The molecule has 1 saturated carbocycles. The molecular formula is C27H35NSi. The topological polar surface area (TPSA) is 3.24 Å². The van der Waals surface area contributed by atoms with Crippen molar-refractivity contribution in [2.24, 2.45) is 5.41 Å². The second-order valence-electron chi connectivity index (χ2n) is 9.72. The smallest absolute Gasteiger partial charge is 0.177 e. The van der Waals surface area contributed by atoms with Gasteiger partial charge in [0.25, 0.3) is 0 Å². The van der Waals surface area contributed by atoms with Crippen molar-refractivity contribution >= 4 is 19.3 Å². The average molecular weight is 402 g/mol. The Hall–Kier alpha value is -1.90. The summed E-state index contributed by atoms with van der Waals surface area (Å²) in [6, 6.07) is 23.3. The summed E-state index contributed by atoms with van der Waals surface area (Å²) in [7, 11) is -1.63. The molecule has 0 aromatic heterocycles. The molecule has 29 heavy (non-hydrogen) atoms. The lowest BCUT2D eigenvalue weighted by atomic mass is 9.73. The highest BCUT2D eigenvalue weighted by Crippen LogP contribution is 2.44. The molecule has 2 aromatic carbocycles. The van der Waals surface area contributed by atoms with Crippen LogP contribution >= 0.6 is 0 Å². The Morgan fingerprint density at radius 1 is 0.759 bits per heavy atom. The van der Waals surface area contributed by atoms with E-state index in [9.17, 15) is 0 Å². The van der Waals surface area contributed by atoms with E-state index in [2.05, 4.69) is 110 Å². The molecule has 0 saturated heterocycles. The van der Waals surface area contributed by atoms with Crippen LogP contribution < -0.4 is 10.4 Å². The maximum atomic E-state index is 3.01. The lowest BCUT2D eigenvalue weighted by molar-refractivity contribution is 0.0933. The van der Waals surface area contributed by atoms with Crippen molar-refractivity contribution in [1.82, 2.24) is 4.57 Å². The van der Waals surface area contributed by atoms with Crippen molar-refractivity contribution < 1.29 is 0 Å². The van der Waals surface area contributed by atoms with Gasteiger partial charge in [-0.3, -0.25) is 0 Å². The highest BCUT2D eigenvalue weighted by Gasteiger charge is 2.50. The van der Waals surface area contributed by atoms with Gasteiger partial charge in [-0.05, 0) is 28.6 Å². The Bertz CT molecular complexity index is 790. The predicted octanol–water partition coefficient (Wildman–Crippen LogP) is 5.07. The van der Waals surface area contributed by atoms with Gasteiger partial charge < -0.3 is 4.57 Å². The molecule has 1 nitrogen and oxygen atoms in total. The van der Waals surface area contributed by atoms with Crippen molar-refractivity contribution in [3.05, 3.63) is 85.0 Å². The van der Waals surface area contributed by atoms with Gasteiger partial charge >= 0.3 is 0 Å². The zero-order chi connectivity index (χ0) is 20.3. The highest BCUT2D eigenvalue weighted by atomic mass is 28.3. The van der Waals surface area contributed by atoms with Crippen LogP contribution in [-0.4, -0.2) is 25.1 Å². The minimum Gasteiger partial charge on any atom is -0.304 e. The standard InChI is InChI=1S/C27H35NSi/c1-26(2,3)27(21-13-14-22-27)28(23-15-7-4-8-16-23)29(24-17-9-5-10-18-24)25-19-11-6-12-20-25/h5-6,9-14,17-23,29H,4,7-8,15-16H2,1-3H3. The van der Waals surface area contributed by atoms with Crippen LogP contribution in [0.25, 0.3) is 0 Å². The Labute approximate surface area is 178 Å². The van der Waals surface area contributed by atoms with E-state index in [4.69, 9.17) is 0 Å². The van der Waals surface area contributed by atoms with Gasteiger partial charge in [0, 0.05) is 6.04 Å². The van der Waals surface area contributed by atoms with Gasteiger partial charge in [0.15, 0.2) is 8.96 Å². The first-order chi connectivity index (χ1) is 14.0. The molecule has 0 N–H and O–H groups in total. The number of hydrogen-bond acceptors (Lipinski definition) is 1. The monoisotopic (exact) mass is 401 g/mol. The molecule has 0 radical (unpaired) electrons. The Balaban J connectivity index is 1.92. The molecule has 4 rings (SSSR count). The van der Waals surface area contributed by atoms with Gasteiger partial charge in [0.1, 0.15) is 0 Å². The van der Waals surface area contributed by atoms with Crippen molar-refractivity contribution in [3.8, 4) is 0 Å². The summed E-state index contributed by atoms with van der Waals surface area (Å²) in [6.07, 6.45) is 16.3. The fraction of sp³-hybridized carbons (Fsp3) is 0.407. The molecule has 2 aliphatic rings. The first kappa shape index (κ1) is 20.4. The van der Waals surface area contributed by atoms with Crippen LogP contribution in [0.4, 0.5) is 0 Å². The van der Waals surface area contributed by atoms with E-state index in [1.54, 1.807) is 0 Å². The van der Waals surface area contributed by atoms with Crippen LogP contribution in [0.3, 0.4) is 0 Å². The molecule has 0 atom stereocenters. The Kier molecular flexibility index (Phi) is 5.94. The van der Waals surface area contributed by atoms with Crippen LogP contribution in [0.1, 0.15) is 52.9 Å². The molecular weight excluding hydrogens is 366 g/mol. The molecule has 0 spiro atoms. The molecule has 0 unspecified atom stereocenters. The molecule has 0 amide bonds. The fourth-order valence-electron chi connectivity index (χ4n) is 5.39. The number of allylic oxidation sites excluding steroid dienone is 2. The summed E-state index contributed by atoms with van der Waals surface area (Å²) >= 11 is 0. The van der Waals surface area contributed by atoms with Crippen LogP contribution in [-0.2, 0) is 0 Å². The number of benzene rings is 2. The Morgan fingerprint density at radius 2 is 1.24 bits per heavy atom. The van der Waals surface area contributed by atoms with E-state index in [0.717, 1.165) is 0 Å². The van der Waals surface area contributed by atoms with Crippen molar-refractivity contribution in [2.75, 3.05) is 0 Å². The maximum Gasteiger partial charge on any atom is 0.177 e. The molecule has 0 bridgehead atoms. The van der Waals surface area contributed by atoms with Gasteiger partial charge in [-0.25, -0.2) is 0 Å². The molecule has 0 aliphatic heterocycles. The summed E-state index contributed by atoms with van der Waals surface area (Å²) < 4.78 is 3.01. The zero-order valence-corrected chi connectivity index (χ0v) is 19.4. The van der Waals surface area contributed by atoms with Crippen molar-refractivity contribution in [3.63, 3.8) is 0 Å². The van der Waals surface area contributed by atoms with Crippen LogP contribution in [0.2, 0.25) is 0 Å². The molecule has 152 valence electrons. The summed E-state index contributed by atoms with van der Waals surface area (Å²) in [4.78, 5) is 0. The molecule has 2 aliphatic carbocycles. The minimum atomic E-state index is -1.63.